The third-order valence-electron chi connectivity index (χ3n) is 5.16. The summed E-state index contributed by atoms with van der Waals surface area (Å²) in [6, 6.07) is 7.57. The van der Waals surface area contributed by atoms with Gasteiger partial charge in [0, 0.05) is 31.5 Å². The van der Waals surface area contributed by atoms with Gasteiger partial charge in [-0.15, -0.1) is 0 Å². The van der Waals surface area contributed by atoms with Gasteiger partial charge < -0.3 is 15.0 Å². The van der Waals surface area contributed by atoms with Gasteiger partial charge in [-0.1, -0.05) is 29.8 Å². The molecule has 0 bridgehead atoms. The number of benzene rings is 2. The summed E-state index contributed by atoms with van der Waals surface area (Å²) in [6.45, 7) is 1.88. The highest BCUT2D eigenvalue weighted by Gasteiger charge is 2.24. The van der Waals surface area contributed by atoms with Gasteiger partial charge in [-0.3, -0.25) is 4.72 Å². The number of nitrogens with two attached hydrogens (primary N) is 1. The highest BCUT2D eigenvalue weighted by molar-refractivity contribution is 7.92. The van der Waals surface area contributed by atoms with E-state index in [9.17, 15) is 8.42 Å². The van der Waals surface area contributed by atoms with Crippen LogP contribution in [0.3, 0.4) is 0 Å². The van der Waals surface area contributed by atoms with Crippen molar-refractivity contribution in [2.45, 2.75) is 18.4 Å². The third kappa shape index (κ3) is 4.12. The molecule has 4 aromatic rings. The molecular formula is C22H21ClFN5O3S. The number of halogens is 2. The number of nitrogens with zero attached hydrogens (tertiary/aromatic N) is 3. The highest BCUT2D eigenvalue weighted by Crippen LogP contribution is 2.36. The molecule has 8 nitrogen and oxygen atoms in total. The summed E-state index contributed by atoms with van der Waals surface area (Å²) in [5, 5.41) is 0.496. The number of nitrogens with one attached hydrogen (secondary N) is 1. The summed E-state index contributed by atoms with van der Waals surface area (Å²) < 4.78 is 51.0. The quantitative estimate of drug-likeness (QED) is 0.418. The van der Waals surface area contributed by atoms with Crippen molar-refractivity contribution < 1.29 is 17.5 Å². The van der Waals surface area contributed by atoms with Gasteiger partial charge in [0.05, 0.1) is 22.7 Å². The van der Waals surface area contributed by atoms with E-state index in [1.54, 1.807) is 36.9 Å². The van der Waals surface area contributed by atoms with Gasteiger partial charge in [0.2, 0.25) is 0 Å². The molecule has 33 heavy (non-hydrogen) atoms. The van der Waals surface area contributed by atoms with E-state index in [0.29, 0.717) is 27.7 Å². The van der Waals surface area contributed by atoms with Gasteiger partial charge in [-0.25, -0.2) is 22.8 Å². The molecule has 0 atom stereocenters. The molecule has 0 saturated heterocycles. The number of rotatable bonds is 6. The molecule has 0 unspecified atom stereocenters. The van der Waals surface area contributed by atoms with Gasteiger partial charge in [0.1, 0.15) is 22.7 Å². The standard InChI is InChI=1S/C22H21ClFN5O3S/c1-12-7-13(10-32-3)19(23)17(8-12)33(30,31)28-16-6-4-5-14(20(16)24)15-9-29(2)22-18(15)21(25)26-11-27-22/h4-9,11,28H,10H2,1-3H3,(H2,25,26,27). The second kappa shape index (κ2) is 8.62. The van der Waals surface area contributed by atoms with E-state index in [1.165, 1.54) is 31.6 Å². The van der Waals surface area contributed by atoms with Gasteiger partial charge in [-0.2, -0.15) is 0 Å². The van der Waals surface area contributed by atoms with Gasteiger partial charge >= 0.3 is 0 Å². The number of anilines is 2. The Bertz CT molecular complexity index is 1490. The molecule has 2 aromatic carbocycles. The van der Waals surface area contributed by atoms with Crippen LogP contribution in [-0.4, -0.2) is 30.1 Å². The molecule has 2 aromatic heterocycles. The summed E-state index contributed by atoms with van der Waals surface area (Å²) in [7, 11) is -0.973. The van der Waals surface area contributed by atoms with E-state index in [-0.39, 0.29) is 33.6 Å². The Morgan fingerprint density at radius 3 is 2.73 bits per heavy atom. The van der Waals surface area contributed by atoms with Crippen LogP contribution in [0.15, 0.2) is 47.8 Å². The number of hydrogen-bond donors (Lipinski definition) is 2. The second-order valence-electron chi connectivity index (χ2n) is 7.55. The molecule has 11 heteroatoms. The van der Waals surface area contributed by atoms with Crippen molar-refractivity contribution in [3.63, 3.8) is 0 Å². The Labute approximate surface area is 195 Å². The van der Waals surface area contributed by atoms with Crippen LogP contribution in [0.2, 0.25) is 5.02 Å². The number of aryl methyl sites for hydroxylation is 2. The zero-order chi connectivity index (χ0) is 23.9. The zero-order valence-corrected chi connectivity index (χ0v) is 19.6. The minimum atomic E-state index is -4.21. The monoisotopic (exact) mass is 489 g/mol. The molecule has 0 aliphatic rings. The summed E-state index contributed by atoms with van der Waals surface area (Å²) >= 11 is 6.34. The van der Waals surface area contributed by atoms with Crippen molar-refractivity contribution >= 4 is 44.2 Å². The maximum Gasteiger partial charge on any atom is 0.263 e. The van der Waals surface area contributed by atoms with Crippen LogP contribution in [0.4, 0.5) is 15.9 Å². The molecule has 0 radical (unpaired) electrons. The first-order valence-corrected chi connectivity index (χ1v) is 11.6. The lowest BCUT2D eigenvalue weighted by molar-refractivity contribution is 0.184. The maximum absolute atomic E-state index is 15.6. The van der Waals surface area contributed by atoms with Crippen LogP contribution < -0.4 is 10.5 Å². The number of hydrogen-bond acceptors (Lipinski definition) is 6. The zero-order valence-electron chi connectivity index (χ0n) is 18.1. The fourth-order valence-corrected chi connectivity index (χ4v) is 5.46. The molecule has 2 heterocycles. The van der Waals surface area contributed by atoms with Crippen molar-refractivity contribution in [1.82, 2.24) is 14.5 Å². The number of sulfonamides is 1. The molecular weight excluding hydrogens is 469 g/mol. The first-order valence-electron chi connectivity index (χ1n) is 9.79. The summed E-state index contributed by atoms with van der Waals surface area (Å²) in [6.07, 6.45) is 2.99. The number of methoxy groups -OCH3 is 1. The van der Waals surface area contributed by atoms with Gasteiger partial charge in [-0.05, 0) is 30.2 Å². The van der Waals surface area contributed by atoms with Crippen LogP contribution in [0.25, 0.3) is 22.2 Å². The smallest absolute Gasteiger partial charge is 0.263 e. The lowest BCUT2D eigenvalue weighted by Gasteiger charge is -2.15. The Morgan fingerprint density at radius 1 is 1.24 bits per heavy atom. The van der Waals surface area contributed by atoms with Crippen LogP contribution in [0.1, 0.15) is 11.1 Å². The first kappa shape index (κ1) is 23.0. The van der Waals surface area contributed by atoms with E-state index >= 15 is 4.39 Å². The molecule has 0 amide bonds. The van der Waals surface area contributed by atoms with Crippen molar-refractivity contribution in [1.29, 1.82) is 0 Å². The topological polar surface area (TPSA) is 112 Å². The van der Waals surface area contributed by atoms with Crippen LogP contribution in [-0.2, 0) is 28.4 Å². The minimum absolute atomic E-state index is 0.0190. The highest BCUT2D eigenvalue weighted by atomic mass is 35.5. The van der Waals surface area contributed by atoms with Crippen LogP contribution in [0.5, 0.6) is 0 Å². The molecule has 172 valence electrons. The molecule has 0 saturated carbocycles. The van der Waals surface area contributed by atoms with E-state index < -0.39 is 15.8 Å². The molecule has 0 aliphatic carbocycles. The average molecular weight is 490 g/mol. The fourth-order valence-electron chi connectivity index (χ4n) is 3.72. The Balaban J connectivity index is 1.81. The number of aromatic nitrogens is 3. The Kier molecular flexibility index (Phi) is 6.00. The fraction of sp³-hybridized carbons (Fsp3) is 0.182. The van der Waals surface area contributed by atoms with Crippen molar-refractivity contribution in [2.75, 3.05) is 17.6 Å². The van der Waals surface area contributed by atoms with Gasteiger partial charge in [0.25, 0.3) is 10.0 Å². The number of fused-ring (bicyclic) bond motifs is 1. The SMILES string of the molecule is COCc1cc(C)cc(S(=O)(=O)Nc2cccc(-c3cn(C)c4ncnc(N)c34)c2F)c1Cl. The minimum Gasteiger partial charge on any atom is -0.383 e. The third-order valence-corrected chi connectivity index (χ3v) is 7.11. The van der Waals surface area contributed by atoms with Crippen molar-refractivity contribution in [2.24, 2.45) is 7.05 Å². The van der Waals surface area contributed by atoms with E-state index in [1.807, 2.05) is 0 Å². The van der Waals surface area contributed by atoms with Crippen molar-refractivity contribution in [3.05, 3.63) is 64.8 Å². The van der Waals surface area contributed by atoms with E-state index in [2.05, 4.69) is 14.7 Å². The predicted molar refractivity (Wildman–Crippen MR) is 126 cm³/mol. The second-order valence-corrected chi connectivity index (χ2v) is 9.58. The first-order chi connectivity index (χ1) is 15.6. The number of nitrogen functional groups attached to an aromatic ring is 1. The predicted octanol–water partition coefficient (Wildman–Crippen LogP) is 4.27. The van der Waals surface area contributed by atoms with E-state index in [4.69, 9.17) is 22.1 Å². The molecule has 0 spiro atoms. The normalized spacial score (nSPS) is 11.8. The van der Waals surface area contributed by atoms with Crippen molar-refractivity contribution in [3.8, 4) is 11.1 Å². The maximum atomic E-state index is 15.6. The summed E-state index contributed by atoms with van der Waals surface area (Å²) in [5.74, 6) is -0.573. The van der Waals surface area contributed by atoms with Crippen LogP contribution >= 0.6 is 11.6 Å². The van der Waals surface area contributed by atoms with E-state index in [0.717, 1.165) is 0 Å². The van der Waals surface area contributed by atoms with Gasteiger partial charge in [0.15, 0.2) is 5.82 Å². The number of ether oxygens (including phenoxy) is 1. The molecule has 0 aliphatic heterocycles. The largest absolute Gasteiger partial charge is 0.383 e. The Hall–Kier alpha value is -3.21. The molecule has 3 N–H and O–H groups in total. The average Bonchev–Trinajstić information content (AvgIpc) is 3.09. The lowest BCUT2D eigenvalue weighted by Crippen LogP contribution is -2.15. The Morgan fingerprint density at radius 2 is 2.00 bits per heavy atom. The summed E-state index contributed by atoms with van der Waals surface area (Å²) in [4.78, 5) is 8.02. The molecule has 0 fully saturated rings. The summed E-state index contributed by atoms with van der Waals surface area (Å²) in [5.41, 5.74) is 8.10. The molecule has 4 rings (SSSR count). The van der Waals surface area contributed by atoms with Crippen LogP contribution in [0, 0.1) is 12.7 Å². The lowest BCUT2D eigenvalue weighted by atomic mass is 10.0.